The highest BCUT2D eigenvalue weighted by Crippen LogP contribution is 2.67. The quantitative estimate of drug-likeness (QED) is 0.272. The first kappa shape index (κ1) is 24.8. The fourth-order valence-electron chi connectivity index (χ4n) is 2.98. The van der Waals surface area contributed by atoms with Crippen molar-refractivity contribution in [2.24, 2.45) is 5.73 Å². The molecular formula is C18H31N2O6PS2. The van der Waals surface area contributed by atoms with Crippen LogP contribution < -0.4 is 5.73 Å². The fourth-order valence-corrected chi connectivity index (χ4v) is 8.17. The average Bonchev–Trinajstić information content (AvgIpc) is 2.54. The van der Waals surface area contributed by atoms with Crippen molar-refractivity contribution in [3.63, 3.8) is 0 Å². The van der Waals surface area contributed by atoms with E-state index in [0.29, 0.717) is 11.3 Å². The molecule has 0 aliphatic carbocycles. The van der Waals surface area contributed by atoms with Crippen LogP contribution in [0.25, 0.3) is 0 Å². The van der Waals surface area contributed by atoms with E-state index in [1.807, 2.05) is 0 Å². The number of fused-ring (bicyclic) bond motifs is 1. The lowest BCUT2D eigenvalue weighted by Crippen LogP contribution is -2.75. The van der Waals surface area contributed by atoms with Crippen molar-refractivity contribution in [2.75, 3.05) is 18.6 Å². The summed E-state index contributed by atoms with van der Waals surface area (Å²) in [5, 5.41) is -0.415. The molecule has 0 aromatic carbocycles. The van der Waals surface area contributed by atoms with E-state index in [1.54, 1.807) is 47.8 Å². The molecule has 11 heteroatoms. The normalized spacial score (nSPS) is 25.6. The Morgan fingerprint density at radius 1 is 1.28 bits per heavy atom. The fraction of sp³-hybridized carbons (Fsp3) is 0.778. The lowest BCUT2D eigenvalue weighted by atomic mass is 10.1. The van der Waals surface area contributed by atoms with Crippen molar-refractivity contribution in [1.82, 2.24) is 4.90 Å². The summed E-state index contributed by atoms with van der Waals surface area (Å²) < 4.78 is 31.3. The molecule has 0 aromatic rings. The van der Waals surface area contributed by atoms with Gasteiger partial charge >= 0.3 is 13.6 Å². The van der Waals surface area contributed by atoms with Gasteiger partial charge in [-0.05, 0) is 47.8 Å². The Morgan fingerprint density at radius 2 is 1.79 bits per heavy atom. The Labute approximate surface area is 181 Å². The lowest BCUT2D eigenvalue weighted by Gasteiger charge is -2.56. The molecule has 0 spiro atoms. The van der Waals surface area contributed by atoms with Gasteiger partial charge in [0.25, 0.3) is 5.91 Å². The Balaban J connectivity index is 2.62. The number of hydrogen-bond acceptors (Lipinski definition) is 9. The van der Waals surface area contributed by atoms with Crippen molar-refractivity contribution < 1.29 is 27.9 Å². The van der Waals surface area contributed by atoms with Gasteiger partial charge in [0.2, 0.25) is 0 Å². The Hall–Kier alpha value is -0.510. The summed E-state index contributed by atoms with van der Waals surface area (Å²) in [6, 6.07) is 0. The second-order valence-electron chi connectivity index (χ2n) is 8.95. The molecule has 0 radical (unpaired) electrons. The molecule has 2 aliphatic heterocycles. The van der Waals surface area contributed by atoms with Crippen molar-refractivity contribution in [3.8, 4) is 0 Å². The van der Waals surface area contributed by atoms with Crippen LogP contribution in [-0.2, 0) is 27.9 Å². The van der Waals surface area contributed by atoms with Crippen molar-refractivity contribution in [1.29, 1.82) is 0 Å². The minimum Gasteiger partial charge on any atom is -0.461 e. The van der Waals surface area contributed by atoms with Crippen LogP contribution in [0, 0.1) is 0 Å². The van der Waals surface area contributed by atoms with Gasteiger partial charge in [-0.15, -0.1) is 23.5 Å². The van der Waals surface area contributed by atoms with Crippen molar-refractivity contribution in [3.05, 3.63) is 11.0 Å². The van der Waals surface area contributed by atoms with Crippen LogP contribution in [0.1, 0.15) is 48.5 Å². The Kier molecular flexibility index (Phi) is 7.00. The first-order valence-electron chi connectivity index (χ1n) is 9.21. The molecule has 0 aromatic heterocycles. The number of esters is 1. The molecule has 1 fully saturated rings. The van der Waals surface area contributed by atoms with Gasteiger partial charge in [-0.2, -0.15) is 0 Å². The maximum atomic E-state index is 14.2. The van der Waals surface area contributed by atoms with Crippen LogP contribution >= 0.6 is 31.1 Å². The maximum absolute atomic E-state index is 14.2. The number of ether oxygens (including phenoxy) is 1. The van der Waals surface area contributed by atoms with Crippen LogP contribution in [0.5, 0.6) is 0 Å². The number of nitrogens with zero attached hydrogens (tertiary/aromatic N) is 1. The average molecular weight is 467 g/mol. The minimum atomic E-state index is -3.99. The number of hydrogen-bond donors (Lipinski definition) is 1. The predicted molar refractivity (Wildman–Crippen MR) is 116 cm³/mol. The van der Waals surface area contributed by atoms with E-state index >= 15 is 0 Å². The molecule has 1 saturated heterocycles. The van der Waals surface area contributed by atoms with Crippen LogP contribution in [0.3, 0.4) is 0 Å². The second-order valence-corrected chi connectivity index (χ2v) is 12.9. The predicted octanol–water partition coefficient (Wildman–Crippen LogP) is 3.52. The first-order valence-corrected chi connectivity index (χ1v) is 13.0. The standard InChI is InChI=1S/C18H31N2O6PS2/c1-11(21)24-9-12-10-29-15-18(19,28-8)14(22)20(15)13(12)27(23,25-16(2,3)4)26-17(5,6)7/h15H,9-10,19H2,1-8H3/t15-,18+/m1/s1. The molecule has 0 unspecified atom stereocenters. The number of carbonyl (C=O) groups excluding carboxylic acids is 2. The van der Waals surface area contributed by atoms with Gasteiger partial charge in [-0.3, -0.25) is 28.1 Å². The molecule has 0 saturated carbocycles. The van der Waals surface area contributed by atoms with E-state index < -0.39 is 35.0 Å². The smallest absolute Gasteiger partial charge is 0.378 e. The summed E-state index contributed by atoms with van der Waals surface area (Å²) in [5.74, 6) is -0.450. The van der Waals surface area contributed by atoms with Gasteiger partial charge in [0.1, 0.15) is 17.4 Å². The molecule has 29 heavy (non-hydrogen) atoms. The van der Waals surface area contributed by atoms with Crippen LogP contribution in [0.15, 0.2) is 11.0 Å². The molecule has 8 nitrogen and oxygen atoms in total. The Morgan fingerprint density at radius 3 is 2.21 bits per heavy atom. The lowest BCUT2D eigenvalue weighted by molar-refractivity contribution is -0.143. The van der Waals surface area contributed by atoms with Gasteiger partial charge in [0, 0.05) is 18.2 Å². The highest BCUT2D eigenvalue weighted by molar-refractivity contribution is 8.05. The van der Waals surface area contributed by atoms with Gasteiger partial charge in [-0.25, -0.2) is 0 Å². The molecule has 2 rings (SSSR count). The monoisotopic (exact) mass is 466 g/mol. The zero-order valence-electron chi connectivity index (χ0n) is 18.2. The van der Waals surface area contributed by atoms with E-state index in [9.17, 15) is 14.2 Å². The van der Waals surface area contributed by atoms with Gasteiger partial charge in [0.05, 0.1) is 11.2 Å². The maximum Gasteiger partial charge on any atom is 0.378 e. The summed E-state index contributed by atoms with van der Waals surface area (Å²) in [5.41, 5.74) is 5.34. The molecule has 2 aliphatic rings. The van der Waals surface area contributed by atoms with E-state index in [2.05, 4.69) is 0 Å². The van der Waals surface area contributed by atoms with E-state index in [1.165, 1.54) is 35.3 Å². The summed E-state index contributed by atoms with van der Waals surface area (Å²) in [7, 11) is -3.99. The minimum absolute atomic E-state index is 0.101. The van der Waals surface area contributed by atoms with Crippen LogP contribution in [0.4, 0.5) is 0 Å². The van der Waals surface area contributed by atoms with Crippen molar-refractivity contribution in [2.45, 2.75) is 69.9 Å². The molecule has 2 N–H and O–H groups in total. The summed E-state index contributed by atoms with van der Waals surface area (Å²) >= 11 is 2.69. The molecule has 166 valence electrons. The third-order valence-electron chi connectivity index (χ3n) is 3.95. The zero-order valence-corrected chi connectivity index (χ0v) is 20.8. The summed E-state index contributed by atoms with van der Waals surface area (Å²) in [6.07, 6.45) is 1.77. The van der Waals surface area contributed by atoms with E-state index in [4.69, 9.17) is 19.5 Å². The molecule has 2 atom stereocenters. The van der Waals surface area contributed by atoms with Crippen LogP contribution in [0.2, 0.25) is 0 Å². The largest absolute Gasteiger partial charge is 0.461 e. The second kappa shape index (κ2) is 8.20. The van der Waals surface area contributed by atoms with Gasteiger partial charge < -0.3 is 10.5 Å². The summed E-state index contributed by atoms with van der Waals surface area (Å²) in [6.45, 7) is 11.8. The number of amides is 1. The summed E-state index contributed by atoms with van der Waals surface area (Å²) in [4.78, 5) is 24.7. The van der Waals surface area contributed by atoms with Crippen molar-refractivity contribution >= 4 is 43.0 Å². The van der Waals surface area contributed by atoms with Gasteiger partial charge in [0.15, 0.2) is 4.87 Å². The van der Waals surface area contributed by atoms with Gasteiger partial charge in [-0.1, -0.05) is 0 Å². The SMILES string of the molecule is CS[C@@]1(N)C(=O)N2C(P(=O)(OC(C)(C)C)OC(C)(C)C)=C(COC(C)=O)CS[C@@H]21. The number of nitrogens with two attached hydrogens (primary N) is 1. The third kappa shape index (κ3) is 5.22. The first-order chi connectivity index (χ1) is 13.0. The number of rotatable bonds is 6. The molecule has 0 bridgehead atoms. The number of thioether (sulfide) groups is 2. The molecular weight excluding hydrogens is 435 g/mol. The highest BCUT2D eigenvalue weighted by atomic mass is 32.2. The molecule has 2 heterocycles. The third-order valence-corrected chi connectivity index (χ3v) is 9.21. The Bertz CT molecular complexity index is 753. The topological polar surface area (TPSA) is 108 Å². The van der Waals surface area contributed by atoms with E-state index in [0.717, 1.165) is 0 Å². The zero-order chi connectivity index (χ0) is 22.4. The van der Waals surface area contributed by atoms with Crippen LogP contribution in [-0.4, -0.2) is 56.8 Å². The number of β-lactam (4-membered cyclic amide) rings is 1. The highest BCUT2D eigenvalue weighted by Gasteiger charge is 2.65. The molecule has 1 amide bonds. The van der Waals surface area contributed by atoms with E-state index in [-0.39, 0.29) is 18.0 Å². The number of carbonyl (C=O) groups is 2.